The summed E-state index contributed by atoms with van der Waals surface area (Å²) in [6.07, 6.45) is 1.44. The lowest BCUT2D eigenvalue weighted by molar-refractivity contribution is 0.0952. The number of halogens is 2. The molecule has 1 N–H and O–H groups in total. The molecule has 1 amide bonds. The summed E-state index contributed by atoms with van der Waals surface area (Å²) >= 11 is 11.8. The summed E-state index contributed by atoms with van der Waals surface area (Å²) in [5.41, 5.74) is 3.40. The summed E-state index contributed by atoms with van der Waals surface area (Å²) in [5.74, 6) is 0.572. The third-order valence-electron chi connectivity index (χ3n) is 2.99. The first-order chi connectivity index (χ1) is 11.0. The van der Waals surface area contributed by atoms with E-state index in [1.165, 1.54) is 20.4 Å². The smallest absolute Gasteiger partial charge is 0.275 e. The van der Waals surface area contributed by atoms with Crippen molar-refractivity contribution < 1.29 is 14.3 Å². The molecule has 0 atom stereocenters. The summed E-state index contributed by atoms with van der Waals surface area (Å²) in [6, 6.07) is 9.86. The molecule has 0 aliphatic carbocycles. The number of nitrogens with one attached hydrogen (secondary N) is 1. The number of hydrazone groups is 1. The number of hydrogen-bond acceptors (Lipinski definition) is 4. The predicted molar refractivity (Wildman–Crippen MR) is 91.1 cm³/mol. The normalized spacial score (nSPS) is 10.6. The minimum absolute atomic E-state index is 0.340. The minimum atomic E-state index is -0.411. The second kappa shape index (κ2) is 7.85. The maximum atomic E-state index is 12.2. The molecule has 120 valence electrons. The lowest BCUT2D eigenvalue weighted by atomic mass is 10.2. The van der Waals surface area contributed by atoms with Crippen LogP contribution in [0.25, 0.3) is 0 Å². The number of carbonyl (C=O) groups is 1. The molecule has 2 rings (SSSR count). The number of ether oxygens (including phenoxy) is 2. The van der Waals surface area contributed by atoms with Crippen molar-refractivity contribution in [2.24, 2.45) is 5.10 Å². The summed E-state index contributed by atoms with van der Waals surface area (Å²) in [6.45, 7) is 0. The molecule has 0 spiro atoms. The third-order valence-corrected chi connectivity index (χ3v) is 3.55. The van der Waals surface area contributed by atoms with Crippen molar-refractivity contribution in [3.8, 4) is 11.5 Å². The highest BCUT2D eigenvalue weighted by molar-refractivity contribution is 6.36. The zero-order valence-corrected chi connectivity index (χ0v) is 14.0. The van der Waals surface area contributed by atoms with E-state index in [1.54, 1.807) is 36.4 Å². The minimum Gasteiger partial charge on any atom is -0.497 e. The highest BCUT2D eigenvalue weighted by Gasteiger charge is 2.12. The molecule has 0 heterocycles. The lowest BCUT2D eigenvalue weighted by Crippen LogP contribution is -2.18. The fourth-order valence-corrected chi connectivity index (χ4v) is 2.27. The van der Waals surface area contributed by atoms with Gasteiger partial charge in [-0.3, -0.25) is 4.79 Å². The number of rotatable bonds is 5. The molecule has 5 nitrogen and oxygen atoms in total. The molecule has 0 radical (unpaired) electrons. The molecule has 0 bridgehead atoms. The van der Waals surface area contributed by atoms with Crippen LogP contribution in [0.3, 0.4) is 0 Å². The van der Waals surface area contributed by atoms with Crippen LogP contribution in [0.4, 0.5) is 0 Å². The van der Waals surface area contributed by atoms with Crippen LogP contribution in [-0.2, 0) is 0 Å². The van der Waals surface area contributed by atoms with Crippen molar-refractivity contribution in [1.82, 2.24) is 5.43 Å². The molecule has 0 aliphatic rings. The Morgan fingerprint density at radius 1 is 1.13 bits per heavy atom. The Morgan fingerprint density at radius 2 is 1.91 bits per heavy atom. The first-order valence-electron chi connectivity index (χ1n) is 6.55. The van der Waals surface area contributed by atoms with Crippen LogP contribution in [0.5, 0.6) is 11.5 Å². The average Bonchev–Trinajstić information content (AvgIpc) is 2.56. The quantitative estimate of drug-likeness (QED) is 0.658. The Morgan fingerprint density at radius 3 is 2.57 bits per heavy atom. The number of benzene rings is 2. The Bertz CT molecular complexity index is 748. The first kappa shape index (κ1) is 17.1. The van der Waals surface area contributed by atoms with Gasteiger partial charge in [-0.05, 0) is 24.3 Å². The van der Waals surface area contributed by atoms with Crippen molar-refractivity contribution in [2.75, 3.05) is 14.2 Å². The maximum absolute atomic E-state index is 12.2. The van der Waals surface area contributed by atoms with Crippen molar-refractivity contribution in [3.05, 3.63) is 57.6 Å². The molecule has 0 aliphatic heterocycles. The molecular weight excluding hydrogens is 339 g/mol. The monoisotopic (exact) mass is 352 g/mol. The fraction of sp³-hybridized carbons (Fsp3) is 0.125. The van der Waals surface area contributed by atoms with E-state index in [0.717, 1.165) is 0 Å². The van der Waals surface area contributed by atoms with Gasteiger partial charge in [0.2, 0.25) is 0 Å². The largest absolute Gasteiger partial charge is 0.497 e. The average molecular weight is 353 g/mol. The maximum Gasteiger partial charge on any atom is 0.275 e. The third kappa shape index (κ3) is 4.37. The van der Waals surface area contributed by atoms with Gasteiger partial charge in [-0.2, -0.15) is 5.10 Å². The van der Waals surface area contributed by atoms with Crippen molar-refractivity contribution >= 4 is 35.3 Å². The molecule has 2 aromatic rings. The lowest BCUT2D eigenvalue weighted by Gasteiger charge is -2.08. The molecule has 0 saturated carbocycles. The molecule has 0 saturated heterocycles. The van der Waals surface area contributed by atoms with E-state index in [4.69, 9.17) is 32.7 Å². The number of hydrogen-bond donors (Lipinski definition) is 1. The van der Waals surface area contributed by atoms with Crippen LogP contribution in [-0.4, -0.2) is 26.3 Å². The zero-order valence-electron chi connectivity index (χ0n) is 12.5. The van der Waals surface area contributed by atoms with Crippen LogP contribution in [0.15, 0.2) is 41.5 Å². The van der Waals surface area contributed by atoms with E-state index in [2.05, 4.69) is 10.5 Å². The molecule has 0 fully saturated rings. The molecule has 0 unspecified atom stereocenters. The van der Waals surface area contributed by atoms with E-state index in [-0.39, 0.29) is 0 Å². The summed E-state index contributed by atoms with van der Waals surface area (Å²) in [7, 11) is 3.01. The van der Waals surface area contributed by atoms with Crippen LogP contribution in [0.1, 0.15) is 15.9 Å². The standard InChI is InChI=1S/C16H14Cl2N2O3/c1-22-12-5-6-13(15(8-12)23-2)16(21)20-19-9-10-3-4-11(17)7-14(10)18/h3-9H,1-2H3,(H,20,21)/b19-9-. The second-order valence-electron chi connectivity index (χ2n) is 4.43. The van der Waals surface area contributed by atoms with Crippen LogP contribution in [0.2, 0.25) is 10.0 Å². The Hall–Kier alpha value is -2.24. The van der Waals surface area contributed by atoms with Gasteiger partial charge >= 0.3 is 0 Å². The summed E-state index contributed by atoms with van der Waals surface area (Å²) in [5, 5.41) is 4.86. The van der Waals surface area contributed by atoms with Crippen molar-refractivity contribution in [3.63, 3.8) is 0 Å². The van der Waals surface area contributed by atoms with E-state index < -0.39 is 5.91 Å². The van der Waals surface area contributed by atoms with Gasteiger partial charge in [0.05, 0.1) is 31.0 Å². The van der Waals surface area contributed by atoms with E-state index in [0.29, 0.717) is 32.7 Å². The van der Waals surface area contributed by atoms with Gasteiger partial charge in [-0.25, -0.2) is 5.43 Å². The molecular formula is C16H14Cl2N2O3. The van der Waals surface area contributed by atoms with Gasteiger partial charge < -0.3 is 9.47 Å². The Kier molecular flexibility index (Phi) is 5.84. The highest BCUT2D eigenvalue weighted by atomic mass is 35.5. The van der Waals surface area contributed by atoms with E-state index >= 15 is 0 Å². The topological polar surface area (TPSA) is 59.9 Å². The number of methoxy groups -OCH3 is 2. The predicted octanol–water partition coefficient (Wildman–Crippen LogP) is 3.77. The van der Waals surface area contributed by atoms with Crippen LogP contribution in [0, 0.1) is 0 Å². The van der Waals surface area contributed by atoms with Crippen LogP contribution < -0.4 is 14.9 Å². The number of carbonyl (C=O) groups excluding carboxylic acids is 1. The molecule has 7 heteroatoms. The van der Waals surface area contributed by atoms with Crippen molar-refractivity contribution in [1.29, 1.82) is 0 Å². The van der Waals surface area contributed by atoms with Gasteiger partial charge in [-0.1, -0.05) is 29.3 Å². The number of nitrogens with zero attached hydrogens (tertiary/aromatic N) is 1. The molecule has 2 aromatic carbocycles. The Balaban J connectivity index is 2.11. The zero-order chi connectivity index (χ0) is 16.8. The van der Waals surface area contributed by atoms with Crippen molar-refractivity contribution in [2.45, 2.75) is 0 Å². The van der Waals surface area contributed by atoms with Gasteiger partial charge in [0.25, 0.3) is 5.91 Å². The Labute approximate surface area is 143 Å². The van der Waals surface area contributed by atoms with E-state index in [9.17, 15) is 4.79 Å². The highest BCUT2D eigenvalue weighted by Crippen LogP contribution is 2.24. The summed E-state index contributed by atoms with van der Waals surface area (Å²) in [4.78, 5) is 12.2. The van der Waals surface area contributed by atoms with Gasteiger partial charge in [0.1, 0.15) is 11.5 Å². The van der Waals surface area contributed by atoms with Gasteiger partial charge in [0, 0.05) is 16.7 Å². The van der Waals surface area contributed by atoms with Crippen LogP contribution >= 0.6 is 23.2 Å². The molecule has 0 aromatic heterocycles. The molecule has 23 heavy (non-hydrogen) atoms. The number of amides is 1. The summed E-state index contributed by atoms with van der Waals surface area (Å²) < 4.78 is 10.3. The second-order valence-corrected chi connectivity index (χ2v) is 5.27. The SMILES string of the molecule is COc1ccc(C(=O)N/N=C\c2ccc(Cl)cc2Cl)c(OC)c1. The van der Waals surface area contributed by atoms with Gasteiger partial charge in [-0.15, -0.1) is 0 Å². The fourth-order valence-electron chi connectivity index (χ4n) is 1.81. The first-order valence-corrected chi connectivity index (χ1v) is 7.31. The van der Waals surface area contributed by atoms with Gasteiger partial charge in [0.15, 0.2) is 0 Å². The van der Waals surface area contributed by atoms with E-state index in [1.807, 2.05) is 0 Å².